The second-order valence-corrected chi connectivity index (χ2v) is 7.68. The minimum Gasteiger partial charge on any atom is -0.496 e. The van der Waals surface area contributed by atoms with Gasteiger partial charge >= 0.3 is 0 Å². The zero-order valence-corrected chi connectivity index (χ0v) is 17.5. The van der Waals surface area contributed by atoms with Gasteiger partial charge in [-0.15, -0.1) is 10.2 Å². The number of para-hydroxylation sites is 1. The highest BCUT2D eigenvalue weighted by Gasteiger charge is 2.23. The van der Waals surface area contributed by atoms with E-state index >= 15 is 0 Å². The fourth-order valence-corrected chi connectivity index (χ4v) is 3.79. The summed E-state index contributed by atoms with van der Waals surface area (Å²) < 4.78 is 5.41. The zero-order chi connectivity index (χ0) is 20.9. The molecule has 1 amide bonds. The highest BCUT2D eigenvalue weighted by molar-refractivity contribution is 6.30. The van der Waals surface area contributed by atoms with Gasteiger partial charge in [-0.25, -0.2) is 0 Å². The molecule has 0 aliphatic carbocycles. The summed E-state index contributed by atoms with van der Waals surface area (Å²) in [5.41, 5.74) is 2.28. The molecule has 1 aliphatic heterocycles. The number of aromatic nitrogens is 2. The summed E-state index contributed by atoms with van der Waals surface area (Å²) in [6.07, 6.45) is 1.91. The van der Waals surface area contributed by atoms with Crippen LogP contribution in [0.3, 0.4) is 0 Å². The molecule has 3 aromatic rings. The third kappa shape index (κ3) is 4.54. The quantitative estimate of drug-likeness (QED) is 0.667. The fourth-order valence-electron chi connectivity index (χ4n) is 3.67. The number of hydrogen-bond acceptors (Lipinski definition) is 5. The summed E-state index contributed by atoms with van der Waals surface area (Å²) in [6.45, 7) is 1.58. The SMILES string of the molecule is COc1ccccc1-c1ccc(N2CCCC(NC(=O)c3ccc(Cl)cc3)C2)nn1. The Kier molecular flexibility index (Phi) is 6.14. The molecule has 2 aromatic carbocycles. The Morgan fingerprint density at radius 3 is 2.63 bits per heavy atom. The van der Waals surface area contributed by atoms with Crippen molar-refractivity contribution < 1.29 is 9.53 Å². The van der Waals surface area contributed by atoms with Crippen molar-refractivity contribution in [2.75, 3.05) is 25.1 Å². The maximum absolute atomic E-state index is 12.5. The summed E-state index contributed by atoms with van der Waals surface area (Å²) in [6, 6.07) is 18.6. The van der Waals surface area contributed by atoms with Crippen molar-refractivity contribution in [3.05, 3.63) is 71.2 Å². The van der Waals surface area contributed by atoms with Crippen LogP contribution in [0.2, 0.25) is 5.02 Å². The Morgan fingerprint density at radius 1 is 1.10 bits per heavy atom. The van der Waals surface area contributed by atoms with E-state index in [0.29, 0.717) is 17.1 Å². The van der Waals surface area contributed by atoms with E-state index in [1.54, 1.807) is 31.4 Å². The van der Waals surface area contributed by atoms with Gasteiger partial charge in [0, 0.05) is 35.3 Å². The lowest BCUT2D eigenvalue weighted by Gasteiger charge is -2.33. The van der Waals surface area contributed by atoms with Gasteiger partial charge in [0.05, 0.1) is 12.8 Å². The predicted octanol–water partition coefficient (Wildman–Crippen LogP) is 4.20. The van der Waals surface area contributed by atoms with Gasteiger partial charge in [-0.3, -0.25) is 4.79 Å². The van der Waals surface area contributed by atoms with Gasteiger partial charge in [-0.05, 0) is 61.4 Å². The van der Waals surface area contributed by atoms with E-state index in [1.807, 2.05) is 36.4 Å². The van der Waals surface area contributed by atoms with Crippen LogP contribution < -0.4 is 15.0 Å². The lowest BCUT2D eigenvalue weighted by Crippen LogP contribution is -2.48. The number of amides is 1. The van der Waals surface area contributed by atoms with Crippen molar-refractivity contribution in [1.82, 2.24) is 15.5 Å². The fraction of sp³-hybridized carbons (Fsp3) is 0.261. The van der Waals surface area contributed by atoms with Crippen LogP contribution >= 0.6 is 11.6 Å². The normalized spacial score (nSPS) is 16.2. The smallest absolute Gasteiger partial charge is 0.251 e. The number of nitrogens with one attached hydrogen (secondary N) is 1. The van der Waals surface area contributed by atoms with Crippen molar-refractivity contribution in [3.8, 4) is 17.0 Å². The van der Waals surface area contributed by atoms with E-state index in [1.165, 1.54) is 0 Å². The number of benzene rings is 2. The number of rotatable bonds is 5. The number of nitrogens with zero attached hydrogens (tertiary/aromatic N) is 3. The van der Waals surface area contributed by atoms with Crippen molar-refractivity contribution in [1.29, 1.82) is 0 Å². The molecule has 1 aromatic heterocycles. The summed E-state index contributed by atoms with van der Waals surface area (Å²) in [7, 11) is 1.65. The third-order valence-electron chi connectivity index (χ3n) is 5.22. The topological polar surface area (TPSA) is 67.3 Å². The van der Waals surface area contributed by atoms with E-state index in [-0.39, 0.29) is 11.9 Å². The summed E-state index contributed by atoms with van der Waals surface area (Å²) in [4.78, 5) is 14.7. The van der Waals surface area contributed by atoms with Crippen molar-refractivity contribution in [2.24, 2.45) is 0 Å². The van der Waals surface area contributed by atoms with Gasteiger partial charge < -0.3 is 15.0 Å². The Bertz CT molecular complexity index is 1010. The summed E-state index contributed by atoms with van der Waals surface area (Å²) >= 11 is 5.90. The number of methoxy groups -OCH3 is 1. The number of halogens is 1. The molecule has 154 valence electrons. The van der Waals surface area contributed by atoms with Crippen LogP contribution in [-0.4, -0.2) is 42.3 Å². The van der Waals surface area contributed by atoms with Crippen LogP contribution in [0.25, 0.3) is 11.3 Å². The second-order valence-electron chi connectivity index (χ2n) is 7.24. The van der Waals surface area contributed by atoms with E-state index in [9.17, 15) is 4.79 Å². The molecule has 0 bridgehead atoms. The second kappa shape index (κ2) is 9.13. The van der Waals surface area contributed by atoms with Crippen LogP contribution in [0.1, 0.15) is 23.2 Å². The summed E-state index contributed by atoms with van der Waals surface area (Å²) in [5, 5.41) is 12.6. The van der Waals surface area contributed by atoms with Crippen LogP contribution in [0.4, 0.5) is 5.82 Å². The number of anilines is 1. The lowest BCUT2D eigenvalue weighted by molar-refractivity contribution is 0.0933. The van der Waals surface area contributed by atoms with Crippen molar-refractivity contribution in [2.45, 2.75) is 18.9 Å². The standard InChI is InChI=1S/C23H23ClN4O2/c1-30-21-7-3-2-6-19(21)20-12-13-22(27-26-20)28-14-4-5-18(15-28)25-23(29)16-8-10-17(24)11-9-16/h2-3,6-13,18H,4-5,14-15H2,1H3,(H,25,29). The largest absolute Gasteiger partial charge is 0.496 e. The van der Waals surface area contributed by atoms with Crippen LogP contribution in [-0.2, 0) is 0 Å². The molecule has 30 heavy (non-hydrogen) atoms. The van der Waals surface area contributed by atoms with Gasteiger partial charge in [-0.1, -0.05) is 23.7 Å². The molecule has 7 heteroatoms. The monoisotopic (exact) mass is 422 g/mol. The Morgan fingerprint density at radius 2 is 1.90 bits per heavy atom. The highest BCUT2D eigenvalue weighted by Crippen LogP contribution is 2.28. The molecule has 6 nitrogen and oxygen atoms in total. The zero-order valence-electron chi connectivity index (χ0n) is 16.7. The van der Waals surface area contributed by atoms with Gasteiger partial charge in [0.2, 0.25) is 0 Å². The van der Waals surface area contributed by atoms with E-state index < -0.39 is 0 Å². The van der Waals surface area contributed by atoms with Crippen molar-refractivity contribution >= 4 is 23.3 Å². The molecule has 1 atom stereocenters. The molecular weight excluding hydrogens is 400 g/mol. The minimum absolute atomic E-state index is 0.0534. The number of hydrogen-bond donors (Lipinski definition) is 1. The summed E-state index contributed by atoms with van der Waals surface area (Å²) in [5.74, 6) is 1.48. The van der Waals surface area contributed by atoms with E-state index in [2.05, 4.69) is 20.4 Å². The third-order valence-corrected chi connectivity index (χ3v) is 5.47. The van der Waals surface area contributed by atoms with Gasteiger partial charge in [0.25, 0.3) is 5.91 Å². The highest BCUT2D eigenvalue weighted by atomic mass is 35.5. The Balaban J connectivity index is 1.43. The van der Waals surface area contributed by atoms with Crippen LogP contribution in [0, 0.1) is 0 Å². The molecule has 1 N–H and O–H groups in total. The molecule has 0 spiro atoms. The first-order valence-electron chi connectivity index (χ1n) is 9.92. The Labute approximate surface area is 180 Å². The molecule has 1 aliphatic rings. The number of carbonyl (C=O) groups excluding carboxylic acids is 1. The van der Waals surface area contributed by atoms with E-state index in [0.717, 1.165) is 42.2 Å². The molecule has 1 fully saturated rings. The first-order valence-corrected chi connectivity index (χ1v) is 10.3. The molecule has 1 saturated heterocycles. The van der Waals surface area contributed by atoms with Crippen molar-refractivity contribution in [3.63, 3.8) is 0 Å². The first kappa shape index (κ1) is 20.2. The maximum Gasteiger partial charge on any atom is 0.251 e. The van der Waals surface area contributed by atoms with Gasteiger partial charge in [-0.2, -0.15) is 0 Å². The number of carbonyl (C=O) groups is 1. The van der Waals surface area contributed by atoms with Gasteiger partial charge in [0.1, 0.15) is 5.75 Å². The van der Waals surface area contributed by atoms with E-state index in [4.69, 9.17) is 16.3 Å². The van der Waals surface area contributed by atoms with Crippen LogP contribution in [0.5, 0.6) is 5.75 Å². The van der Waals surface area contributed by atoms with Crippen LogP contribution in [0.15, 0.2) is 60.7 Å². The first-order chi connectivity index (χ1) is 14.6. The minimum atomic E-state index is -0.0869. The van der Waals surface area contributed by atoms with Gasteiger partial charge in [0.15, 0.2) is 5.82 Å². The molecule has 1 unspecified atom stereocenters. The molecule has 2 heterocycles. The molecule has 4 rings (SSSR count). The maximum atomic E-state index is 12.5. The Hall–Kier alpha value is -3.12. The number of piperidine rings is 1. The average Bonchev–Trinajstić information content (AvgIpc) is 2.80. The number of ether oxygens (including phenoxy) is 1. The lowest BCUT2D eigenvalue weighted by atomic mass is 10.0. The molecular formula is C23H23ClN4O2. The molecule has 0 radical (unpaired) electrons. The average molecular weight is 423 g/mol. The molecule has 0 saturated carbocycles. The predicted molar refractivity (Wildman–Crippen MR) is 118 cm³/mol.